The molecule has 0 saturated heterocycles. The average Bonchev–Trinajstić information content (AvgIpc) is 2.30. The molecule has 16 heavy (non-hydrogen) atoms. The Balaban J connectivity index is 2.02. The van der Waals surface area contributed by atoms with E-state index in [1.165, 1.54) is 6.33 Å². The number of nitrogens with one attached hydrogen (secondary N) is 1. The van der Waals surface area contributed by atoms with Gasteiger partial charge in [0, 0.05) is 12.7 Å². The minimum absolute atomic E-state index is 0.278. The quantitative estimate of drug-likeness (QED) is 0.850. The van der Waals surface area contributed by atoms with Crippen LogP contribution in [-0.4, -0.2) is 15.1 Å². The van der Waals surface area contributed by atoms with Gasteiger partial charge in [0.25, 0.3) is 0 Å². The molecule has 0 radical (unpaired) electrons. The van der Waals surface area contributed by atoms with E-state index in [2.05, 4.69) is 37.9 Å². The topological polar surface area (TPSA) is 58.0 Å². The number of halogens is 1. The van der Waals surface area contributed by atoms with Crippen molar-refractivity contribution in [2.75, 3.05) is 5.32 Å². The number of aromatic nitrogens is 2. The van der Waals surface area contributed by atoms with Crippen LogP contribution in [0, 0.1) is 3.57 Å². The molecule has 2 N–H and O–H groups in total. The van der Waals surface area contributed by atoms with Gasteiger partial charge in [-0.3, -0.25) is 0 Å². The Morgan fingerprint density at radius 1 is 1.25 bits per heavy atom. The summed E-state index contributed by atoms with van der Waals surface area (Å²) < 4.78 is 0.985. The van der Waals surface area contributed by atoms with E-state index in [1.54, 1.807) is 18.3 Å². The second-order valence-corrected chi connectivity index (χ2v) is 4.40. The summed E-state index contributed by atoms with van der Waals surface area (Å²) in [7, 11) is 0. The maximum atomic E-state index is 9.14. The van der Waals surface area contributed by atoms with Crippen molar-refractivity contribution in [1.82, 2.24) is 9.97 Å². The summed E-state index contributed by atoms with van der Waals surface area (Å²) in [5.41, 5.74) is 1.09. The van der Waals surface area contributed by atoms with Gasteiger partial charge in [0.2, 0.25) is 0 Å². The van der Waals surface area contributed by atoms with Crippen LogP contribution in [0.15, 0.2) is 36.8 Å². The molecule has 0 aliphatic rings. The molecule has 2 aromatic rings. The maximum absolute atomic E-state index is 9.14. The zero-order valence-corrected chi connectivity index (χ0v) is 10.5. The van der Waals surface area contributed by atoms with Crippen molar-refractivity contribution in [3.05, 3.63) is 45.9 Å². The third-order valence-corrected chi connectivity index (χ3v) is 2.85. The van der Waals surface area contributed by atoms with Crippen molar-refractivity contribution >= 4 is 28.4 Å². The van der Waals surface area contributed by atoms with Crippen molar-refractivity contribution in [2.24, 2.45) is 0 Å². The van der Waals surface area contributed by atoms with Gasteiger partial charge >= 0.3 is 0 Å². The Morgan fingerprint density at radius 2 is 2.00 bits per heavy atom. The molecule has 4 nitrogen and oxygen atoms in total. The summed E-state index contributed by atoms with van der Waals surface area (Å²) in [6, 6.07) is 7.08. The van der Waals surface area contributed by atoms with Gasteiger partial charge in [0.1, 0.15) is 17.9 Å². The van der Waals surface area contributed by atoms with E-state index in [1.807, 2.05) is 12.1 Å². The Morgan fingerprint density at radius 3 is 2.69 bits per heavy atom. The molecule has 0 spiro atoms. The van der Waals surface area contributed by atoms with Crippen molar-refractivity contribution in [3.8, 4) is 5.75 Å². The van der Waals surface area contributed by atoms with Crippen molar-refractivity contribution in [1.29, 1.82) is 0 Å². The van der Waals surface area contributed by atoms with Gasteiger partial charge in [-0.2, -0.15) is 0 Å². The van der Waals surface area contributed by atoms with Gasteiger partial charge in [-0.05, 0) is 40.3 Å². The first-order valence-corrected chi connectivity index (χ1v) is 5.81. The second-order valence-electron chi connectivity index (χ2n) is 3.24. The normalized spacial score (nSPS) is 10.1. The number of nitrogens with zero attached hydrogens (tertiary/aromatic N) is 2. The molecule has 5 heteroatoms. The minimum atomic E-state index is 0.278. The monoisotopic (exact) mass is 327 g/mol. The first-order chi connectivity index (χ1) is 7.75. The van der Waals surface area contributed by atoms with Crippen LogP contribution in [0.2, 0.25) is 0 Å². The first kappa shape index (κ1) is 11.1. The molecule has 0 aliphatic heterocycles. The van der Waals surface area contributed by atoms with Gasteiger partial charge in [-0.15, -0.1) is 0 Å². The molecule has 0 fully saturated rings. The number of hydrogen-bond acceptors (Lipinski definition) is 4. The fourth-order valence-corrected chi connectivity index (χ4v) is 1.73. The summed E-state index contributed by atoms with van der Waals surface area (Å²) >= 11 is 2.18. The summed E-state index contributed by atoms with van der Waals surface area (Å²) in [6.45, 7) is 0.674. The highest BCUT2D eigenvalue weighted by atomic mass is 127. The number of phenols is 1. The largest absolute Gasteiger partial charge is 0.508 e. The van der Waals surface area contributed by atoms with E-state index in [-0.39, 0.29) is 5.75 Å². The van der Waals surface area contributed by atoms with Crippen LogP contribution < -0.4 is 5.32 Å². The Labute approximate surface area is 107 Å². The van der Waals surface area contributed by atoms with Crippen LogP contribution in [0.5, 0.6) is 5.75 Å². The molecule has 0 atom stereocenters. The number of hydrogen-bond donors (Lipinski definition) is 2. The van der Waals surface area contributed by atoms with Crippen LogP contribution in [0.25, 0.3) is 0 Å². The number of anilines is 1. The molecule has 2 rings (SSSR count). The third-order valence-electron chi connectivity index (χ3n) is 2.06. The number of rotatable bonds is 3. The Kier molecular flexibility index (Phi) is 3.55. The molecule has 0 bridgehead atoms. The molecule has 1 aromatic heterocycles. The lowest BCUT2D eigenvalue weighted by atomic mass is 10.2. The van der Waals surface area contributed by atoms with Crippen LogP contribution in [-0.2, 0) is 6.54 Å². The van der Waals surface area contributed by atoms with Gasteiger partial charge in [0.15, 0.2) is 0 Å². The fraction of sp³-hybridized carbons (Fsp3) is 0.0909. The Hall–Kier alpha value is -1.37. The van der Waals surface area contributed by atoms with Crippen molar-refractivity contribution in [2.45, 2.75) is 6.54 Å². The van der Waals surface area contributed by atoms with Crippen LogP contribution in [0.1, 0.15) is 5.56 Å². The fourth-order valence-electron chi connectivity index (χ4n) is 1.24. The molecule has 0 aliphatic carbocycles. The van der Waals surface area contributed by atoms with E-state index < -0.39 is 0 Å². The summed E-state index contributed by atoms with van der Waals surface area (Å²) in [4.78, 5) is 8.05. The smallest absolute Gasteiger partial charge is 0.143 e. The molecule has 0 saturated carbocycles. The molecular formula is C11H10IN3O. The molecule has 0 amide bonds. The average molecular weight is 327 g/mol. The van der Waals surface area contributed by atoms with Crippen LogP contribution >= 0.6 is 22.6 Å². The number of aromatic hydroxyl groups is 1. The SMILES string of the molecule is Oc1ccc(CNc2ncncc2I)cc1. The standard InChI is InChI=1S/C11H10IN3O/c12-10-6-13-7-15-11(10)14-5-8-1-3-9(16)4-2-8/h1-4,6-7,16H,5H2,(H,13,14,15). The van der Waals surface area contributed by atoms with Gasteiger partial charge in [0.05, 0.1) is 3.57 Å². The second kappa shape index (κ2) is 5.11. The number of benzene rings is 1. The van der Waals surface area contributed by atoms with Crippen molar-refractivity contribution < 1.29 is 5.11 Å². The maximum Gasteiger partial charge on any atom is 0.143 e. The predicted molar refractivity (Wildman–Crippen MR) is 70.2 cm³/mol. The lowest BCUT2D eigenvalue weighted by Gasteiger charge is -2.06. The van der Waals surface area contributed by atoms with Gasteiger partial charge in [-0.1, -0.05) is 12.1 Å². The highest BCUT2D eigenvalue weighted by molar-refractivity contribution is 14.1. The predicted octanol–water partition coefficient (Wildman–Crippen LogP) is 2.40. The third kappa shape index (κ3) is 2.82. The van der Waals surface area contributed by atoms with Gasteiger partial charge < -0.3 is 10.4 Å². The first-order valence-electron chi connectivity index (χ1n) is 4.73. The lowest BCUT2D eigenvalue weighted by molar-refractivity contribution is 0.475. The zero-order chi connectivity index (χ0) is 11.4. The molecule has 82 valence electrons. The van der Waals surface area contributed by atoms with E-state index >= 15 is 0 Å². The van der Waals surface area contributed by atoms with E-state index in [0.29, 0.717) is 6.54 Å². The minimum Gasteiger partial charge on any atom is -0.508 e. The summed E-state index contributed by atoms with van der Waals surface area (Å²) in [6.07, 6.45) is 3.27. The Bertz CT molecular complexity index is 473. The molecule has 1 aromatic carbocycles. The van der Waals surface area contributed by atoms with E-state index in [0.717, 1.165) is 15.0 Å². The van der Waals surface area contributed by atoms with Gasteiger partial charge in [-0.25, -0.2) is 9.97 Å². The summed E-state index contributed by atoms with van der Waals surface area (Å²) in [5, 5.41) is 12.4. The summed E-state index contributed by atoms with van der Waals surface area (Å²) in [5.74, 6) is 1.10. The number of phenolic OH excluding ortho intramolecular Hbond substituents is 1. The van der Waals surface area contributed by atoms with Crippen molar-refractivity contribution in [3.63, 3.8) is 0 Å². The molecular weight excluding hydrogens is 317 g/mol. The lowest BCUT2D eigenvalue weighted by Crippen LogP contribution is -2.03. The zero-order valence-electron chi connectivity index (χ0n) is 8.39. The van der Waals surface area contributed by atoms with Crippen LogP contribution in [0.4, 0.5) is 5.82 Å². The highest BCUT2D eigenvalue weighted by Crippen LogP contribution is 2.15. The highest BCUT2D eigenvalue weighted by Gasteiger charge is 2.00. The molecule has 0 unspecified atom stereocenters. The van der Waals surface area contributed by atoms with E-state index in [9.17, 15) is 0 Å². The van der Waals surface area contributed by atoms with Crippen LogP contribution in [0.3, 0.4) is 0 Å². The molecule has 1 heterocycles. The van der Waals surface area contributed by atoms with E-state index in [4.69, 9.17) is 5.11 Å².